The van der Waals surface area contributed by atoms with Crippen molar-refractivity contribution in [2.24, 2.45) is 0 Å². The Hall–Kier alpha value is -2.46. The van der Waals surface area contributed by atoms with E-state index in [0.29, 0.717) is 31.5 Å². The first-order chi connectivity index (χ1) is 12.9. The molecule has 0 fully saturated rings. The second-order valence-electron chi connectivity index (χ2n) is 5.55. The van der Waals surface area contributed by atoms with Crippen LogP contribution in [0.25, 0.3) is 10.8 Å². The third kappa shape index (κ3) is 3.96. The highest BCUT2D eigenvalue weighted by Gasteiger charge is 2.17. The van der Waals surface area contributed by atoms with E-state index in [-0.39, 0.29) is 11.3 Å². The minimum absolute atomic E-state index is 0.0538. The molecule has 7 nitrogen and oxygen atoms in total. The zero-order chi connectivity index (χ0) is 19.6. The predicted octanol–water partition coefficient (Wildman–Crippen LogP) is 2.75. The molecule has 0 aliphatic carbocycles. The van der Waals surface area contributed by atoms with Crippen molar-refractivity contribution in [3.05, 3.63) is 72.7 Å². The summed E-state index contributed by atoms with van der Waals surface area (Å²) in [7, 11) is 0. The second kappa shape index (κ2) is 8.05. The Balaban J connectivity index is 1.87. The van der Waals surface area contributed by atoms with E-state index in [1.165, 1.54) is 4.68 Å². The van der Waals surface area contributed by atoms with E-state index in [2.05, 4.69) is 16.0 Å². The molecule has 0 radical (unpaired) electrons. The first kappa shape index (κ1) is 19.3. The summed E-state index contributed by atoms with van der Waals surface area (Å²) in [4.78, 5) is 37.2. The van der Waals surface area contributed by atoms with Crippen LogP contribution in [0.2, 0.25) is 5.02 Å². The van der Waals surface area contributed by atoms with Gasteiger partial charge >= 0.3 is 0 Å². The number of benzene rings is 2. The monoisotopic (exact) mass is 496 g/mol. The minimum atomic E-state index is -0.620. The summed E-state index contributed by atoms with van der Waals surface area (Å²) in [6.45, 7) is 2.08. The molecule has 1 heterocycles. The van der Waals surface area contributed by atoms with Gasteiger partial charge in [-0.05, 0) is 53.8 Å². The Morgan fingerprint density at radius 2 is 1.78 bits per heavy atom. The van der Waals surface area contributed by atoms with Crippen molar-refractivity contribution in [2.75, 3.05) is 0 Å². The van der Waals surface area contributed by atoms with Crippen LogP contribution in [-0.4, -0.2) is 21.6 Å². The number of nitrogens with zero attached hydrogens (tertiary/aromatic N) is 2. The number of hydrogen-bond donors (Lipinski definition) is 2. The van der Waals surface area contributed by atoms with E-state index in [1.54, 1.807) is 49.4 Å². The second-order valence-corrected chi connectivity index (χ2v) is 7.15. The summed E-state index contributed by atoms with van der Waals surface area (Å²) in [5, 5.41) is 5.44. The van der Waals surface area contributed by atoms with Gasteiger partial charge in [0.1, 0.15) is 0 Å². The van der Waals surface area contributed by atoms with Crippen LogP contribution in [0.15, 0.2) is 47.3 Å². The van der Waals surface area contributed by atoms with Gasteiger partial charge in [0.2, 0.25) is 0 Å². The summed E-state index contributed by atoms with van der Waals surface area (Å²) in [6, 6.07) is 11.5. The van der Waals surface area contributed by atoms with Gasteiger partial charge in [0, 0.05) is 20.5 Å². The lowest BCUT2D eigenvalue weighted by Gasteiger charge is -2.11. The third-order valence-electron chi connectivity index (χ3n) is 3.85. The summed E-state index contributed by atoms with van der Waals surface area (Å²) in [5.41, 5.74) is 4.86. The quantitative estimate of drug-likeness (QED) is 0.431. The van der Waals surface area contributed by atoms with Gasteiger partial charge in [-0.3, -0.25) is 25.2 Å². The molecule has 2 N–H and O–H groups in total. The van der Waals surface area contributed by atoms with Crippen molar-refractivity contribution in [1.82, 2.24) is 20.6 Å². The van der Waals surface area contributed by atoms with Crippen LogP contribution in [0.4, 0.5) is 0 Å². The normalized spacial score (nSPS) is 10.6. The minimum Gasteiger partial charge on any atom is -0.267 e. The summed E-state index contributed by atoms with van der Waals surface area (Å²) in [6.07, 6.45) is 0. The standard InChI is InChI=1S/C18H14ClIN4O3/c1-2-24-18(27)12-6-4-3-5-11(12)15(23-24)17(26)22-21-16(25)13-8-7-10(19)9-14(13)20/h3-9H,2H2,1H3,(H,21,25)(H,22,26). The molecule has 0 spiro atoms. The van der Waals surface area contributed by atoms with Crippen LogP contribution in [0.5, 0.6) is 0 Å². The Bertz CT molecular complexity index is 1110. The van der Waals surface area contributed by atoms with Crippen molar-refractivity contribution in [3.8, 4) is 0 Å². The van der Waals surface area contributed by atoms with E-state index < -0.39 is 11.8 Å². The van der Waals surface area contributed by atoms with Crippen LogP contribution in [0, 0.1) is 3.57 Å². The topological polar surface area (TPSA) is 93.1 Å². The average Bonchev–Trinajstić information content (AvgIpc) is 2.66. The summed E-state index contributed by atoms with van der Waals surface area (Å²) in [5.74, 6) is -1.11. The fourth-order valence-electron chi connectivity index (χ4n) is 2.53. The predicted molar refractivity (Wildman–Crippen MR) is 111 cm³/mol. The van der Waals surface area contributed by atoms with E-state index >= 15 is 0 Å². The van der Waals surface area contributed by atoms with Crippen LogP contribution in [-0.2, 0) is 6.54 Å². The number of hydrazine groups is 1. The van der Waals surface area contributed by atoms with E-state index in [1.807, 2.05) is 22.6 Å². The molecule has 0 aliphatic rings. The molecule has 138 valence electrons. The molecule has 0 unspecified atom stereocenters. The highest BCUT2D eigenvalue weighted by Crippen LogP contribution is 2.18. The molecule has 0 saturated carbocycles. The molecule has 3 rings (SSSR count). The molecule has 1 aromatic heterocycles. The number of rotatable bonds is 3. The number of nitrogens with one attached hydrogen (secondary N) is 2. The molecule has 0 bridgehead atoms. The Kier molecular flexibility index (Phi) is 5.76. The lowest BCUT2D eigenvalue weighted by molar-refractivity contribution is 0.0843. The van der Waals surface area contributed by atoms with Gasteiger partial charge in [0.05, 0.1) is 10.9 Å². The molecular weight excluding hydrogens is 483 g/mol. The van der Waals surface area contributed by atoms with E-state index in [4.69, 9.17) is 11.6 Å². The molecule has 0 aliphatic heterocycles. The Labute approximate surface area is 172 Å². The van der Waals surface area contributed by atoms with Crippen molar-refractivity contribution >= 4 is 56.8 Å². The van der Waals surface area contributed by atoms with Gasteiger partial charge in [-0.1, -0.05) is 29.8 Å². The van der Waals surface area contributed by atoms with Crippen molar-refractivity contribution in [1.29, 1.82) is 0 Å². The molecular formula is C18H14ClIN4O3. The summed E-state index contributed by atoms with van der Waals surface area (Å²) >= 11 is 7.87. The lowest BCUT2D eigenvalue weighted by atomic mass is 10.1. The van der Waals surface area contributed by atoms with Gasteiger partial charge in [0.25, 0.3) is 17.4 Å². The number of hydrogen-bond acceptors (Lipinski definition) is 4. The average molecular weight is 497 g/mol. The Morgan fingerprint density at radius 3 is 2.44 bits per heavy atom. The van der Waals surface area contributed by atoms with Gasteiger partial charge < -0.3 is 0 Å². The number of halogens is 2. The largest absolute Gasteiger partial charge is 0.290 e. The number of aryl methyl sites for hydroxylation is 1. The van der Waals surface area contributed by atoms with Crippen LogP contribution < -0.4 is 16.4 Å². The first-order valence-corrected chi connectivity index (χ1v) is 9.43. The fourth-order valence-corrected chi connectivity index (χ4v) is 3.65. The highest BCUT2D eigenvalue weighted by molar-refractivity contribution is 14.1. The maximum Gasteiger partial charge on any atom is 0.290 e. The molecule has 27 heavy (non-hydrogen) atoms. The highest BCUT2D eigenvalue weighted by atomic mass is 127. The van der Waals surface area contributed by atoms with Crippen LogP contribution in [0.3, 0.4) is 0 Å². The molecule has 9 heteroatoms. The maximum atomic E-state index is 12.6. The summed E-state index contributed by atoms with van der Waals surface area (Å²) < 4.78 is 1.86. The van der Waals surface area contributed by atoms with Crippen LogP contribution >= 0.6 is 34.2 Å². The maximum absolute atomic E-state index is 12.6. The molecule has 0 atom stereocenters. The van der Waals surface area contributed by atoms with E-state index in [0.717, 1.165) is 0 Å². The number of amides is 2. The van der Waals surface area contributed by atoms with Crippen LogP contribution in [0.1, 0.15) is 27.8 Å². The zero-order valence-corrected chi connectivity index (χ0v) is 17.0. The number of aromatic nitrogens is 2. The molecule has 3 aromatic rings. The van der Waals surface area contributed by atoms with Gasteiger partial charge in [-0.15, -0.1) is 0 Å². The molecule has 0 saturated heterocycles. The number of carbonyl (C=O) groups excluding carboxylic acids is 2. The third-order valence-corrected chi connectivity index (χ3v) is 4.98. The number of carbonyl (C=O) groups is 2. The lowest BCUT2D eigenvalue weighted by Crippen LogP contribution is -2.43. The Morgan fingerprint density at radius 1 is 1.11 bits per heavy atom. The van der Waals surface area contributed by atoms with Gasteiger partial charge in [0.15, 0.2) is 5.69 Å². The van der Waals surface area contributed by atoms with Crippen molar-refractivity contribution in [2.45, 2.75) is 13.5 Å². The first-order valence-electron chi connectivity index (χ1n) is 7.98. The van der Waals surface area contributed by atoms with Crippen molar-refractivity contribution < 1.29 is 9.59 Å². The fraction of sp³-hybridized carbons (Fsp3) is 0.111. The SMILES string of the molecule is CCn1nc(C(=O)NNC(=O)c2ccc(Cl)cc2I)c2ccccc2c1=O. The van der Waals surface area contributed by atoms with E-state index in [9.17, 15) is 14.4 Å². The smallest absolute Gasteiger partial charge is 0.267 e. The van der Waals surface area contributed by atoms with Crippen molar-refractivity contribution in [3.63, 3.8) is 0 Å². The zero-order valence-electron chi connectivity index (χ0n) is 14.1. The van der Waals surface area contributed by atoms with Gasteiger partial charge in [-0.25, -0.2) is 4.68 Å². The molecule has 2 aromatic carbocycles. The molecule has 2 amide bonds. The van der Waals surface area contributed by atoms with Gasteiger partial charge in [-0.2, -0.15) is 5.10 Å². The number of fused-ring (bicyclic) bond motifs is 1.